The van der Waals surface area contributed by atoms with Gasteiger partial charge in [0.1, 0.15) is 12.2 Å². The van der Waals surface area contributed by atoms with Crippen LogP contribution in [0, 0.1) is 5.92 Å². The lowest BCUT2D eigenvalue weighted by molar-refractivity contribution is -0.160. The van der Waals surface area contributed by atoms with E-state index in [9.17, 15) is 4.79 Å². The summed E-state index contributed by atoms with van der Waals surface area (Å²) in [7, 11) is 0. The SMILES string of the molecule is CC(C)(C)OC(=O)COCC1CCCNC1. The molecule has 1 saturated heterocycles. The number of hydrogen-bond acceptors (Lipinski definition) is 4. The summed E-state index contributed by atoms with van der Waals surface area (Å²) in [4.78, 5) is 11.3. The number of ether oxygens (including phenoxy) is 2. The highest BCUT2D eigenvalue weighted by atomic mass is 16.6. The molecule has 1 heterocycles. The van der Waals surface area contributed by atoms with Crippen LogP contribution < -0.4 is 5.32 Å². The van der Waals surface area contributed by atoms with Crippen LogP contribution >= 0.6 is 0 Å². The van der Waals surface area contributed by atoms with Crippen LogP contribution in [0.3, 0.4) is 0 Å². The number of nitrogens with one attached hydrogen (secondary N) is 1. The minimum Gasteiger partial charge on any atom is -0.458 e. The molecule has 0 amide bonds. The van der Waals surface area contributed by atoms with E-state index >= 15 is 0 Å². The predicted molar refractivity (Wildman–Crippen MR) is 62.3 cm³/mol. The Morgan fingerprint density at radius 3 is 2.75 bits per heavy atom. The van der Waals surface area contributed by atoms with Gasteiger partial charge in [0.05, 0.1) is 6.61 Å². The smallest absolute Gasteiger partial charge is 0.332 e. The molecule has 4 nitrogen and oxygen atoms in total. The Hall–Kier alpha value is -0.610. The van der Waals surface area contributed by atoms with Gasteiger partial charge in [-0.2, -0.15) is 0 Å². The van der Waals surface area contributed by atoms with Gasteiger partial charge < -0.3 is 14.8 Å². The molecule has 0 saturated carbocycles. The highest BCUT2D eigenvalue weighted by Gasteiger charge is 2.17. The Bertz CT molecular complexity index is 217. The van der Waals surface area contributed by atoms with E-state index in [0.29, 0.717) is 12.5 Å². The van der Waals surface area contributed by atoms with Crippen LogP contribution in [0.25, 0.3) is 0 Å². The van der Waals surface area contributed by atoms with E-state index in [1.54, 1.807) is 0 Å². The summed E-state index contributed by atoms with van der Waals surface area (Å²) < 4.78 is 10.5. The van der Waals surface area contributed by atoms with E-state index in [4.69, 9.17) is 9.47 Å². The molecular formula is C12H23NO3. The van der Waals surface area contributed by atoms with Crippen LogP contribution in [0.4, 0.5) is 0 Å². The van der Waals surface area contributed by atoms with Crippen LogP contribution in [0.5, 0.6) is 0 Å². The molecule has 1 unspecified atom stereocenters. The predicted octanol–water partition coefficient (Wildman–Crippen LogP) is 1.34. The fraction of sp³-hybridized carbons (Fsp3) is 0.917. The summed E-state index contributed by atoms with van der Waals surface area (Å²) in [5.41, 5.74) is -0.424. The van der Waals surface area contributed by atoms with E-state index in [1.807, 2.05) is 20.8 Å². The minimum atomic E-state index is -0.424. The number of carbonyl (C=O) groups excluding carboxylic acids is 1. The van der Waals surface area contributed by atoms with Gasteiger partial charge in [0, 0.05) is 6.54 Å². The van der Waals surface area contributed by atoms with E-state index < -0.39 is 5.60 Å². The van der Waals surface area contributed by atoms with Crippen molar-refractivity contribution < 1.29 is 14.3 Å². The fourth-order valence-electron chi connectivity index (χ4n) is 1.75. The molecule has 0 aromatic rings. The quantitative estimate of drug-likeness (QED) is 0.739. The molecule has 0 spiro atoms. The lowest BCUT2D eigenvalue weighted by Crippen LogP contribution is -2.33. The number of hydrogen-bond donors (Lipinski definition) is 1. The number of piperidine rings is 1. The Labute approximate surface area is 97.7 Å². The molecule has 0 aliphatic carbocycles. The first-order valence-corrected chi connectivity index (χ1v) is 5.98. The molecule has 1 aliphatic rings. The zero-order chi connectivity index (χ0) is 12.0. The molecule has 4 heteroatoms. The molecule has 94 valence electrons. The highest BCUT2D eigenvalue weighted by Crippen LogP contribution is 2.10. The maximum absolute atomic E-state index is 11.3. The first-order chi connectivity index (χ1) is 7.47. The van der Waals surface area contributed by atoms with Crippen LogP contribution in [-0.2, 0) is 14.3 Å². The van der Waals surface area contributed by atoms with Crippen LogP contribution in [0.15, 0.2) is 0 Å². The van der Waals surface area contributed by atoms with Gasteiger partial charge in [-0.3, -0.25) is 0 Å². The van der Waals surface area contributed by atoms with E-state index in [0.717, 1.165) is 13.1 Å². The molecule has 16 heavy (non-hydrogen) atoms. The Morgan fingerprint density at radius 1 is 1.44 bits per heavy atom. The normalized spacial score (nSPS) is 21.8. The summed E-state index contributed by atoms with van der Waals surface area (Å²) in [6.45, 7) is 8.37. The zero-order valence-corrected chi connectivity index (χ0v) is 10.5. The molecule has 0 aromatic carbocycles. The minimum absolute atomic E-state index is 0.0633. The van der Waals surface area contributed by atoms with E-state index in [-0.39, 0.29) is 12.6 Å². The lowest BCUT2D eigenvalue weighted by atomic mass is 10.0. The third-order valence-electron chi connectivity index (χ3n) is 2.39. The topological polar surface area (TPSA) is 47.6 Å². The monoisotopic (exact) mass is 229 g/mol. The van der Waals surface area contributed by atoms with Crippen molar-refractivity contribution in [2.75, 3.05) is 26.3 Å². The van der Waals surface area contributed by atoms with Crippen molar-refractivity contribution in [2.45, 2.75) is 39.2 Å². The molecule has 0 radical (unpaired) electrons. The third kappa shape index (κ3) is 6.08. The second kappa shape index (κ2) is 6.21. The molecule has 1 aliphatic heterocycles. The van der Waals surface area contributed by atoms with Gasteiger partial charge in [-0.05, 0) is 46.1 Å². The van der Waals surface area contributed by atoms with Crippen LogP contribution in [0.2, 0.25) is 0 Å². The van der Waals surface area contributed by atoms with Crippen LogP contribution in [0.1, 0.15) is 33.6 Å². The molecule has 0 bridgehead atoms. The summed E-state index contributed by atoms with van der Waals surface area (Å²) in [6, 6.07) is 0. The second-order valence-electron chi connectivity index (χ2n) is 5.31. The first-order valence-electron chi connectivity index (χ1n) is 5.98. The number of rotatable bonds is 4. The van der Waals surface area contributed by atoms with Gasteiger partial charge in [0.25, 0.3) is 0 Å². The van der Waals surface area contributed by atoms with E-state index in [1.165, 1.54) is 12.8 Å². The third-order valence-corrected chi connectivity index (χ3v) is 2.39. The summed E-state index contributed by atoms with van der Waals surface area (Å²) in [5.74, 6) is 0.257. The van der Waals surface area contributed by atoms with Gasteiger partial charge in [-0.1, -0.05) is 0 Å². The van der Waals surface area contributed by atoms with Crippen molar-refractivity contribution >= 4 is 5.97 Å². The molecule has 1 fully saturated rings. The van der Waals surface area contributed by atoms with Gasteiger partial charge in [-0.25, -0.2) is 4.79 Å². The van der Waals surface area contributed by atoms with Crippen molar-refractivity contribution in [3.63, 3.8) is 0 Å². The largest absolute Gasteiger partial charge is 0.458 e. The Morgan fingerprint density at radius 2 is 2.19 bits per heavy atom. The summed E-state index contributed by atoms with van der Waals surface area (Å²) in [6.07, 6.45) is 2.38. The Kier molecular flexibility index (Phi) is 5.22. The van der Waals surface area contributed by atoms with Gasteiger partial charge >= 0.3 is 5.97 Å². The first kappa shape index (κ1) is 13.5. The summed E-state index contributed by atoms with van der Waals surface area (Å²) in [5, 5.41) is 3.32. The van der Waals surface area contributed by atoms with Gasteiger partial charge in [0.15, 0.2) is 0 Å². The van der Waals surface area contributed by atoms with E-state index in [2.05, 4.69) is 5.32 Å². The van der Waals surface area contributed by atoms with Crippen molar-refractivity contribution in [2.24, 2.45) is 5.92 Å². The molecule has 1 atom stereocenters. The van der Waals surface area contributed by atoms with Crippen molar-refractivity contribution in [1.29, 1.82) is 0 Å². The molecule has 1 N–H and O–H groups in total. The average molecular weight is 229 g/mol. The maximum atomic E-state index is 11.3. The average Bonchev–Trinajstić information content (AvgIpc) is 2.16. The lowest BCUT2D eigenvalue weighted by Gasteiger charge is -2.23. The standard InChI is InChI=1S/C12H23NO3/c1-12(2,3)16-11(14)9-15-8-10-5-4-6-13-7-10/h10,13H,4-9H2,1-3H3. The number of esters is 1. The van der Waals surface area contributed by atoms with Crippen LogP contribution in [-0.4, -0.2) is 37.9 Å². The molecule has 0 aromatic heterocycles. The fourth-order valence-corrected chi connectivity index (χ4v) is 1.75. The molecule has 1 rings (SSSR count). The van der Waals surface area contributed by atoms with Crippen molar-refractivity contribution in [3.05, 3.63) is 0 Å². The van der Waals surface area contributed by atoms with Crippen molar-refractivity contribution in [3.8, 4) is 0 Å². The Balaban J connectivity index is 2.08. The second-order valence-corrected chi connectivity index (χ2v) is 5.31. The summed E-state index contributed by atoms with van der Waals surface area (Å²) >= 11 is 0. The van der Waals surface area contributed by atoms with Gasteiger partial charge in [-0.15, -0.1) is 0 Å². The van der Waals surface area contributed by atoms with Gasteiger partial charge in [0.2, 0.25) is 0 Å². The molecular weight excluding hydrogens is 206 g/mol. The van der Waals surface area contributed by atoms with Crippen molar-refractivity contribution in [1.82, 2.24) is 5.32 Å². The number of carbonyl (C=O) groups is 1. The highest BCUT2D eigenvalue weighted by molar-refractivity contribution is 5.71. The zero-order valence-electron chi connectivity index (χ0n) is 10.5. The maximum Gasteiger partial charge on any atom is 0.332 e.